The summed E-state index contributed by atoms with van der Waals surface area (Å²) < 4.78 is 39.2. The zero-order chi connectivity index (χ0) is 27.7. The molecule has 0 aliphatic heterocycles. The van der Waals surface area contributed by atoms with Gasteiger partial charge in [0.1, 0.15) is 19.3 Å². The largest absolute Gasteiger partial charge is 0.487 e. The molecule has 3 rings (SSSR count). The summed E-state index contributed by atoms with van der Waals surface area (Å²) in [5.41, 5.74) is 6.93. The highest BCUT2D eigenvalue weighted by Crippen LogP contribution is 2.25. The number of halogens is 2. The number of nitrogens with one attached hydrogen (secondary N) is 3. The number of hydrogen-bond donors (Lipinski definition) is 4. The van der Waals surface area contributed by atoms with E-state index in [0.717, 1.165) is 18.3 Å². The van der Waals surface area contributed by atoms with Crippen molar-refractivity contribution < 1.29 is 27.8 Å². The topological polar surface area (TPSA) is 140 Å². The van der Waals surface area contributed by atoms with Crippen molar-refractivity contribution in [1.82, 2.24) is 9.97 Å². The molecule has 0 fully saturated rings. The van der Waals surface area contributed by atoms with Gasteiger partial charge in [-0.2, -0.15) is 4.98 Å². The van der Waals surface area contributed by atoms with Gasteiger partial charge in [-0.25, -0.2) is 13.8 Å². The summed E-state index contributed by atoms with van der Waals surface area (Å²) in [7, 11) is 0. The fourth-order valence-corrected chi connectivity index (χ4v) is 3.01. The molecule has 5 N–H and O–H groups in total. The highest BCUT2D eigenvalue weighted by atomic mass is 19.1. The molecule has 12 heteroatoms. The minimum absolute atomic E-state index is 0.00601. The highest BCUT2D eigenvalue weighted by molar-refractivity contribution is 5.99. The number of hydrogen-bond acceptors (Lipinski definition) is 9. The van der Waals surface area contributed by atoms with Gasteiger partial charge in [-0.05, 0) is 42.3 Å². The molecule has 1 amide bonds. The Labute approximate surface area is 218 Å². The fraction of sp³-hybridized carbons (Fsp3) is 0.231. The maximum Gasteiger partial charge on any atom is 0.323 e. The van der Waals surface area contributed by atoms with Crippen molar-refractivity contribution >= 4 is 40.7 Å². The number of aromatic nitrogens is 2. The van der Waals surface area contributed by atoms with Crippen LogP contribution in [0, 0.1) is 17.6 Å². The van der Waals surface area contributed by atoms with Gasteiger partial charge in [-0.15, -0.1) is 0 Å². The van der Waals surface area contributed by atoms with Crippen LogP contribution in [0.5, 0.6) is 5.75 Å². The summed E-state index contributed by atoms with van der Waals surface area (Å²) in [5, 5.41) is 8.23. The molecule has 2 aromatic carbocycles. The van der Waals surface area contributed by atoms with Crippen LogP contribution >= 0.6 is 0 Å². The van der Waals surface area contributed by atoms with E-state index in [9.17, 15) is 18.4 Å². The molecule has 0 bridgehead atoms. The van der Waals surface area contributed by atoms with Gasteiger partial charge >= 0.3 is 5.97 Å². The molecular formula is C26H28F2N6O4. The molecule has 38 heavy (non-hydrogen) atoms. The van der Waals surface area contributed by atoms with Crippen molar-refractivity contribution in [3.8, 4) is 5.75 Å². The number of nitrogens with zero attached hydrogens (tertiary/aromatic N) is 2. The van der Waals surface area contributed by atoms with Crippen LogP contribution in [0.2, 0.25) is 0 Å². The van der Waals surface area contributed by atoms with Crippen LogP contribution in [-0.2, 0) is 14.3 Å². The van der Waals surface area contributed by atoms with Crippen LogP contribution in [0.25, 0.3) is 0 Å². The van der Waals surface area contributed by atoms with E-state index in [-0.39, 0.29) is 48.2 Å². The Kier molecular flexibility index (Phi) is 9.66. The number of rotatable bonds is 12. The zero-order valence-corrected chi connectivity index (χ0v) is 20.8. The number of ether oxygens (including phenoxy) is 2. The molecule has 0 spiro atoms. The smallest absolute Gasteiger partial charge is 0.323 e. The van der Waals surface area contributed by atoms with Crippen LogP contribution < -0.4 is 26.4 Å². The third-order valence-electron chi connectivity index (χ3n) is 5.09. The van der Waals surface area contributed by atoms with Gasteiger partial charge in [0, 0.05) is 23.1 Å². The second kappa shape index (κ2) is 13.1. The monoisotopic (exact) mass is 526 g/mol. The molecule has 1 atom stereocenters. The first kappa shape index (κ1) is 28.0. The second-order valence-corrected chi connectivity index (χ2v) is 8.35. The van der Waals surface area contributed by atoms with Crippen LogP contribution in [0.1, 0.15) is 13.8 Å². The number of carbonyl (C=O) groups is 2. The number of esters is 1. The predicted molar refractivity (Wildman–Crippen MR) is 139 cm³/mol. The minimum Gasteiger partial charge on any atom is -0.487 e. The Morgan fingerprint density at radius 3 is 2.50 bits per heavy atom. The van der Waals surface area contributed by atoms with E-state index in [0.29, 0.717) is 11.4 Å². The molecular weight excluding hydrogens is 498 g/mol. The number of benzene rings is 2. The van der Waals surface area contributed by atoms with Gasteiger partial charge in [0.2, 0.25) is 11.9 Å². The number of amides is 1. The van der Waals surface area contributed by atoms with Crippen LogP contribution in [0.4, 0.5) is 37.6 Å². The average molecular weight is 527 g/mol. The van der Waals surface area contributed by atoms with Crippen molar-refractivity contribution in [2.24, 2.45) is 11.7 Å². The van der Waals surface area contributed by atoms with Crippen molar-refractivity contribution in [3.05, 3.63) is 73.0 Å². The Morgan fingerprint density at radius 1 is 1.05 bits per heavy atom. The molecule has 0 aliphatic carbocycles. The normalized spacial score (nSPS) is 11.4. The Balaban J connectivity index is 1.60. The van der Waals surface area contributed by atoms with Crippen molar-refractivity contribution in [1.29, 1.82) is 0 Å². The molecule has 0 radical (unpaired) electrons. The molecule has 10 nitrogen and oxygen atoms in total. The first-order valence-electron chi connectivity index (χ1n) is 11.6. The number of carbonyl (C=O) groups excluding carboxylic acids is 2. The number of nitrogens with two attached hydrogens (primary N) is 1. The van der Waals surface area contributed by atoms with Gasteiger partial charge in [0.05, 0.1) is 6.20 Å². The van der Waals surface area contributed by atoms with E-state index < -0.39 is 23.6 Å². The Hall–Kier alpha value is -4.58. The molecule has 1 heterocycles. The first-order chi connectivity index (χ1) is 18.2. The quantitative estimate of drug-likeness (QED) is 0.155. The Morgan fingerprint density at radius 2 is 1.79 bits per heavy atom. The summed E-state index contributed by atoms with van der Waals surface area (Å²) >= 11 is 0. The summed E-state index contributed by atoms with van der Waals surface area (Å²) in [6.45, 7) is 6.85. The van der Waals surface area contributed by atoms with E-state index in [1.165, 1.54) is 12.1 Å². The van der Waals surface area contributed by atoms with E-state index in [4.69, 9.17) is 15.2 Å². The standard InChI is InChI=1S/C26H28F2N6O4/c1-4-22(35)31-16-6-5-7-17(12-16)32-24-20(28)14-30-26(34-24)33-18-8-9-21(19(27)13-18)37-10-11-38-25(36)23(29)15(2)3/h4-9,12-15,23H,1,10-11,29H2,2-3H3,(H,31,35)(H2,30,32,33,34)/t23-/m0/s1. The zero-order valence-electron chi connectivity index (χ0n) is 20.8. The third kappa shape index (κ3) is 7.96. The lowest BCUT2D eigenvalue weighted by Gasteiger charge is -2.15. The van der Waals surface area contributed by atoms with E-state index in [2.05, 4.69) is 32.5 Å². The van der Waals surface area contributed by atoms with Crippen molar-refractivity contribution in [2.45, 2.75) is 19.9 Å². The molecule has 0 aliphatic rings. The van der Waals surface area contributed by atoms with E-state index >= 15 is 0 Å². The van der Waals surface area contributed by atoms with Gasteiger partial charge in [0.25, 0.3) is 0 Å². The lowest BCUT2D eigenvalue weighted by atomic mass is 10.1. The average Bonchev–Trinajstić information content (AvgIpc) is 2.89. The minimum atomic E-state index is -0.739. The van der Waals surface area contributed by atoms with Gasteiger partial charge < -0.3 is 31.2 Å². The van der Waals surface area contributed by atoms with Gasteiger partial charge in [0.15, 0.2) is 23.2 Å². The molecule has 0 saturated carbocycles. The molecule has 200 valence electrons. The maximum absolute atomic E-state index is 14.5. The Bertz CT molecular complexity index is 1300. The van der Waals surface area contributed by atoms with Crippen LogP contribution in [0.3, 0.4) is 0 Å². The number of anilines is 5. The fourth-order valence-electron chi connectivity index (χ4n) is 3.01. The SMILES string of the molecule is C=CC(=O)Nc1cccc(Nc2nc(Nc3ccc(OCCOC(=O)[C@@H](N)C(C)C)c(F)c3)ncc2F)c1. The summed E-state index contributed by atoms with van der Waals surface area (Å²) in [6, 6.07) is 9.88. The summed E-state index contributed by atoms with van der Waals surface area (Å²) in [6.07, 6.45) is 2.09. The molecule has 1 aromatic heterocycles. The molecule has 3 aromatic rings. The summed E-state index contributed by atoms with van der Waals surface area (Å²) in [4.78, 5) is 31.2. The van der Waals surface area contributed by atoms with Crippen molar-refractivity contribution in [2.75, 3.05) is 29.2 Å². The van der Waals surface area contributed by atoms with E-state index in [1.54, 1.807) is 38.1 Å². The maximum atomic E-state index is 14.5. The lowest BCUT2D eigenvalue weighted by molar-refractivity contribution is -0.147. The molecule has 0 unspecified atom stereocenters. The van der Waals surface area contributed by atoms with Crippen LogP contribution in [0.15, 0.2) is 61.3 Å². The van der Waals surface area contributed by atoms with E-state index in [1.807, 2.05) is 0 Å². The van der Waals surface area contributed by atoms with Gasteiger partial charge in [-0.1, -0.05) is 26.5 Å². The third-order valence-corrected chi connectivity index (χ3v) is 5.09. The first-order valence-corrected chi connectivity index (χ1v) is 11.6. The lowest BCUT2D eigenvalue weighted by Crippen LogP contribution is -2.37. The van der Waals surface area contributed by atoms with Crippen LogP contribution in [-0.4, -0.2) is 41.1 Å². The predicted octanol–water partition coefficient (Wildman–Crippen LogP) is 4.27. The molecule has 0 saturated heterocycles. The summed E-state index contributed by atoms with van der Waals surface area (Å²) in [5.74, 6) is -2.59. The van der Waals surface area contributed by atoms with Crippen molar-refractivity contribution in [3.63, 3.8) is 0 Å². The van der Waals surface area contributed by atoms with Gasteiger partial charge in [-0.3, -0.25) is 9.59 Å². The second-order valence-electron chi connectivity index (χ2n) is 8.35. The highest BCUT2D eigenvalue weighted by Gasteiger charge is 2.18.